The van der Waals surface area contributed by atoms with Crippen LogP contribution in [-0.2, 0) is 11.2 Å². The minimum atomic E-state index is -0.321. The van der Waals surface area contributed by atoms with E-state index in [4.69, 9.17) is 5.73 Å². The van der Waals surface area contributed by atoms with Crippen LogP contribution >= 0.6 is 11.8 Å². The maximum Gasteiger partial charge on any atom is 0.196 e. The number of nitriles is 1. The molecule has 6 nitrogen and oxygen atoms in total. The van der Waals surface area contributed by atoms with E-state index in [-0.39, 0.29) is 22.8 Å². The number of nitrogens with two attached hydrogens (primary N) is 1. The maximum atomic E-state index is 12.6. The van der Waals surface area contributed by atoms with Gasteiger partial charge in [0.05, 0.1) is 11.4 Å². The lowest BCUT2D eigenvalue weighted by molar-refractivity contribution is -0.112. The molecule has 0 spiro atoms. The highest BCUT2D eigenvalue weighted by Gasteiger charge is 2.20. The third kappa shape index (κ3) is 4.73. The Labute approximate surface area is 203 Å². The Morgan fingerprint density at radius 1 is 1.09 bits per heavy atom. The third-order valence-corrected chi connectivity index (χ3v) is 6.57. The molecular formula is C27H25N5OS. The van der Waals surface area contributed by atoms with Crippen LogP contribution in [0.3, 0.4) is 0 Å². The van der Waals surface area contributed by atoms with E-state index >= 15 is 0 Å². The zero-order valence-electron chi connectivity index (χ0n) is 19.4. The molecular weight excluding hydrogens is 442 g/mol. The zero-order chi connectivity index (χ0) is 24.2. The number of hydrogen-bond acceptors (Lipinski definition) is 6. The average molecular weight is 468 g/mol. The lowest BCUT2D eigenvalue weighted by atomic mass is 10.0. The van der Waals surface area contributed by atoms with Crippen molar-refractivity contribution in [3.8, 4) is 11.8 Å². The Morgan fingerprint density at radius 2 is 1.85 bits per heavy atom. The molecule has 3 aromatic carbocycles. The second-order valence-corrected chi connectivity index (χ2v) is 9.16. The van der Waals surface area contributed by atoms with Gasteiger partial charge in [-0.1, -0.05) is 71.9 Å². The largest absolute Gasteiger partial charge is 0.401 e. The van der Waals surface area contributed by atoms with Crippen molar-refractivity contribution in [1.82, 2.24) is 14.8 Å². The first-order valence-electron chi connectivity index (χ1n) is 10.9. The number of allylic oxidation sites excluding steroid dienone is 2. The van der Waals surface area contributed by atoms with Crippen molar-refractivity contribution >= 4 is 28.3 Å². The molecule has 2 N–H and O–H groups in total. The summed E-state index contributed by atoms with van der Waals surface area (Å²) in [4.78, 5) is 12.6. The highest BCUT2D eigenvalue weighted by Crippen LogP contribution is 2.28. The van der Waals surface area contributed by atoms with Crippen LogP contribution in [0.25, 0.3) is 16.5 Å². The van der Waals surface area contributed by atoms with Crippen LogP contribution < -0.4 is 5.73 Å². The van der Waals surface area contributed by atoms with Gasteiger partial charge >= 0.3 is 0 Å². The molecule has 0 aliphatic rings. The molecule has 1 heterocycles. The van der Waals surface area contributed by atoms with Crippen molar-refractivity contribution in [3.63, 3.8) is 0 Å². The molecule has 0 aliphatic carbocycles. The summed E-state index contributed by atoms with van der Waals surface area (Å²) in [5.41, 5.74) is 10.3. The fraction of sp³-hybridized carbons (Fsp3) is 0.185. The Bertz CT molecular complexity index is 1450. The van der Waals surface area contributed by atoms with Gasteiger partial charge in [0.1, 0.15) is 17.5 Å². The van der Waals surface area contributed by atoms with E-state index in [0.717, 1.165) is 28.2 Å². The smallest absolute Gasteiger partial charge is 0.196 e. The van der Waals surface area contributed by atoms with Gasteiger partial charge in [-0.15, -0.1) is 10.2 Å². The first-order chi connectivity index (χ1) is 16.4. The van der Waals surface area contributed by atoms with Crippen LogP contribution in [0.15, 0.2) is 77.1 Å². The molecule has 0 radical (unpaired) electrons. The monoisotopic (exact) mass is 467 g/mol. The lowest BCUT2D eigenvalue weighted by Crippen LogP contribution is -2.11. The van der Waals surface area contributed by atoms with Crippen molar-refractivity contribution in [1.29, 1.82) is 5.26 Å². The highest BCUT2D eigenvalue weighted by molar-refractivity contribution is 7.99. The number of fused-ring (bicyclic) bond motifs is 1. The molecule has 170 valence electrons. The molecule has 0 amide bonds. The zero-order valence-corrected chi connectivity index (χ0v) is 20.2. The summed E-state index contributed by atoms with van der Waals surface area (Å²) in [5.74, 6) is 0.511. The number of aryl methyl sites for hydroxylation is 2. The van der Waals surface area contributed by atoms with Crippen molar-refractivity contribution < 1.29 is 4.79 Å². The number of carbonyl (C=O) groups excluding carboxylic acids is 1. The van der Waals surface area contributed by atoms with Crippen molar-refractivity contribution in [2.45, 2.75) is 32.3 Å². The molecule has 0 bridgehead atoms. The number of benzene rings is 3. The van der Waals surface area contributed by atoms with Crippen molar-refractivity contribution in [3.05, 3.63) is 94.4 Å². The van der Waals surface area contributed by atoms with Crippen LogP contribution in [0.1, 0.15) is 29.4 Å². The Hall–Kier alpha value is -3.89. The normalized spacial score (nSPS) is 11.8. The molecule has 0 saturated heterocycles. The van der Waals surface area contributed by atoms with Gasteiger partial charge in [0.15, 0.2) is 10.9 Å². The summed E-state index contributed by atoms with van der Waals surface area (Å²) in [6, 6.07) is 22.7. The number of nitrogens with zero attached hydrogens (tertiary/aromatic N) is 4. The number of rotatable bonds is 7. The van der Waals surface area contributed by atoms with Crippen LogP contribution in [-0.4, -0.2) is 26.3 Å². The van der Waals surface area contributed by atoms with E-state index in [9.17, 15) is 10.1 Å². The van der Waals surface area contributed by atoms with Crippen LogP contribution in [0, 0.1) is 25.2 Å². The number of thioether (sulfide) groups is 1. The fourth-order valence-electron chi connectivity index (χ4n) is 4.00. The molecule has 34 heavy (non-hydrogen) atoms. The molecule has 0 unspecified atom stereocenters. The highest BCUT2D eigenvalue weighted by atomic mass is 32.2. The average Bonchev–Trinajstić information content (AvgIpc) is 3.20. The number of Topliss-reactive ketones (excluding diaryl/α,β-unsaturated/α-hetero) is 1. The molecule has 4 rings (SSSR count). The van der Waals surface area contributed by atoms with E-state index in [1.165, 1.54) is 22.5 Å². The van der Waals surface area contributed by atoms with E-state index in [1.807, 2.05) is 22.8 Å². The van der Waals surface area contributed by atoms with Crippen LogP contribution in [0.4, 0.5) is 0 Å². The lowest BCUT2D eigenvalue weighted by Gasteiger charge is -2.14. The fourth-order valence-corrected chi connectivity index (χ4v) is 4.83. The van der Waals surface area contributed by atoms with Crippen LogP contribution in [0.2, 0.25) is 0 Å². The molecule has 4 aromatic rings. The quantitative estimate of drug-likeness (QED) is 0.232. The van der Waals surface area contributed by atoms with E-state index in [0.29, 0.717) is 11.6 Å². The van der Waals surface area contributed by atoms with Crippen LogP contribution in [0.5, 0.6) is 0 Å². The first-order valence-corrected chi connectivity index (χ1v) is 11.9. The molecule has 1 aromatic heterocycles. The van der Waals surface area contributed by atoms with Gasteiger partial charge in [-0.25, -0.2) is 0 Å². The predicted molar refractivity (Wildman–Crippen MR) is 136 cm³/mol. The number of hydrogen-bond donors (Lipinski definition) is 1. The van der Waals surface area contributed by atoms with Gasteiger partial charge in [0, 0.05) is 12.1 Å². The Balaban J connectivity index is 1.75. The van der Waals surface area contributed by atoms with Gasteiger partial charge in [-0.05, 0) is 48.7 Å². The Kier molecular flexibility index (Phi) is 6.80. The van der Waals surface area contributed by atoms with Crippen molar-refractivity contribution in [2.75, 3.05) is 5.75 Å². The van der Waals surface area contributed by atoms with Crippen molar-refractivity contribution in [2.24, 2.45) is 5.73 Å². The van der Waals surface area contributed by atoms with E-state index in [1.54, 1.807) is 6.92 Å². The predicted octanol–water partition coefficient (Wildman–Crippen LogP) is 5.05. The molecule has 0 fully saturated rings. The van der Waals surface area contributed by atoms with Gasteiger partial charge in [-0.3, -0.25) is 9.36 Å². The molecule has 0 atom stereocenters. The number of carbonyl (C=O) groups is 1. The molecule has 0 saturated carbocycles. The summed E-state index contributed by atoms with van der Waals surface area (Å²) >= 11 is 1.26. The summed E-state index contributed by atoms with van der Waals surface area (Å²) < 4.78 is 2.01. The summed E-state index contributed by atoms with van der Waals surface area (Å²) in [6.07, 6.45) is 0.585. The molecule has 0 aliphatic heterocycles. The summed E-state index contributed by atoms with van der Waals surface area (Å²) in [6.45, 7) is 5.67. The second-order valence-electron chi connectivity index (χ2n) is 8.22. The molecule has 7 heteroatoms. The minimum absolute atomic E-state index is 0.0129. The summed E-state index contributed by atoms with van der Waals surface area (Å²) in [5, 5.41) is 21.2. The standard InChI is InChI=1S/C27H25N5OS/c1-17-11-12-24(18(2)13-17)32-26(14-21-9-6-8-20-7-4-5-10-22(20)21)30-31-27(32)34-16-25(33)23(15-28)19(3)29/h4-13H,14,16,29H2,1-3H3/b23-19+. The Morgan fingerprint density at radius 3 is 2.59 bits per heavy atom. The maximum absolute atomic E-state index is 12.6. The van der Waals surface area contributed by atoms with Gasteiger partial charge in [0.25, 0.3) is 0 Å². The second kappa shape index (κ2) is 9.94. The topological polar surface area (TPSA) is 97.6 Å². The van der Waals surface area contributed by atoms with Gasteiger partial charge in [0.2, 0.25) is 0 Å². The number of ketones is 1. The summed E-state index contributed by atoms with van der Waals surface area (Å²) in [7, 11) is 0. The minimum Gasteiger partial charge on any atom is -0.401 e. The first kappa shape index (κ1) is 23.3. The van der Waals surface area contributed by atoms with Gasteiger partial charge < -0.3 is 5.73 Å². The number of aromatic nitrogens is 3. The SMILES string of the molecule is C/C(N)=C(/C#N)C(=O)CSc1nnc(Cc2cccc3ccccc23)n1-c1ccc(C)cc1C. The van der Waals surface area contributed by atoms with Gasteiger partial charge in [-0.2, -0.15) is 5.26 Å². The van der Waals surface area contributed by atoms with E-state index in [2.05, 4.69) is 72.6 Å². The van der Waals surface area contributed by atoms with E-state index < -0.39 is 0 Å². The third-order valence-electron chi connectivity index (χ3n) is 5.64.